The van der Waals surface area contributed by atoms with Crippen molar-refractivity contribution in [2.75, 3.05) is 0 Å². The number of carboxylic acids is 1. The molecule has 0 fully saturated rings. The molecule has 0 radical (unpaired) electrons. The number of fused-ring (bicyclic) bond motifs is 1. The third-order valence-electron chi connectivity index (χ3n) is 3.22. The predicted octanol–water partition coefficient (Wildman–Crippen LogP) is 2.07. The number of nitrogens with zero attached hydrogens (tertiary/aromatic N) is 1. The Balaban J connectivity index is 0.00000200. The fourth-order valence-corrected chi connectivity index (χ4v) is 2.21. The molecule has 5 heteroatoms. The lowest BCUT2D eigenvalue weighted by molar-refractivity contribution is 0.0695. The molecule has 108 valence electrons. The maximum Gasteiger partial charge on any atom is 0.341 e. The Bertz CT molecular complexity index is 660. The SMILES string of the molecule is CCCCCn1cc(C(=O)O)c(=O)c2ccccc21.O. The van der Waals surface area contributed by atoms with Crippen LogP contribution in [0.2, 0.25) is 0 Å². The second kappa shape index (κ2) is 6.86. The first-order chi connectivity index (χ1) is 9.15. The first-order valence-corrected chi connectivity index (χ1v) is 6.50. The van der Waals surface area contributed by atoms with Gasteiger partial charge >= 0.3 is 5.97 Å². The van der Waals surface area contributed by atoms with Crippen molar-refractivity contribution in [3.63, 3.8) is 0 Å². The molecule has 0 spiro atoms. The fraction of sp³-hybridized carbons (Fsp3) is 0.333. The van der Waals surface area contributed by atoms with Crippen LogP contribution in [0.4, 0.5) is 0 Å². The molecule has 0 aliphatic rings. The number of rotatable bonds is 5. The van der Waals surface area contributed by atoms with Crippen LogP contribution in [0.15, 0.2) is 35.3 Å². The van der Waals surface area contributed by atoms with Crippen molar-refractivity contribution in [2.45, 2.75) is 32.7 Å². The van der Waals surface area contributed by atoms with Crippen LogP contribution < -0.4 is 5.43 Å². The number of pyridine rings is 1. The van der Waals surface area contributed by atoms with Gasteiger partial charge < -0.3 is 15.1 Å². The van der Waals surface area contributed by atoms with E-state index in [1.807, 2.05) is 16.7 Å². The van der Waals surface area contributed by atoms with Gasteiger partial charge in [-0.1, -0.05) is 31.9 Å². The highest BCUT2D eigenvalue weighted by Gasteiger charge is 2.13. The Morgan fingerprint density at radius 3 is 2.60 bits per heavy atom. The summed E-state index contributed by atoms with van der Waals surface area (Å²) < 4.78 is 1.87. The first kappa shape index (κ1) is 15.9. The molecule has 0 atom stereocenters. The molecular weight excluding hydrogens is 258 g/mol. The number of carbonyl (C=O) groups is 1. The van der Waals surface area contributed by atoms with E-state index in [9.17, 15) is 9.59 Å². The maximum atomic E-state index is 12.1. The van der Waals surface area contributed by atoms with E-state index in [0.29, 0.717) is 5.39 Å². The number of aryl methyl sites for hydroxylation is 1. The van der Waals surface area contributed by atoms with Gasteiger partial charge in [0.05, 0.1) is 5.52 Å². The summed E-state index contributed by atoms with van der Waals surface area (Å²) in [6.45, 7) is 2.85. The van der Waals surface area contributed by atoms with Crippen LogP contribution in [-0.2, 0) is 6.54 Å². The number of aromatic nitrogens is 1. The van der Waals surface area contributed by atoms with Gasteiger partial charge in [0.2, 0.25) is 5.43 Å². The Hall–Kier alpha value is -2.14. The summed E-state index contributed by atoms with van der Waals surface area (Å²) in [5.74, 6) is -1.17. The Labute approximate surface area is 116 Å². The highest BCUT2D eigenvalue weighted by atomic mass is 16.4. The zero-order valence-corrected chi connectivity index (χ0v) is 11.4. The van der Waals surface area contributed by atoms with Crippen molar-refractivity contribution >= 4 is 16.9 Å². The van der Waals surface area contributed by atoms with Gasteiger partial charge in [0.1, 0.15) is 5.56 Å². The molecule has 0 aliphatic carbocycles. The van der Waals surface area contributed by atoms with Crippen molar-refractivity contribution in [1.29, 1.82) is 0 Å². The minimum atomic E-state index is -1.17. The summed E-state index contributed by atoms with van der Waals surface area (Å²) in [7, 11) is 0. The third kappa shape index (κ3) is 3.05. The van der Waals surface area contributed by atoms with Gasteiger partial charge in [0.25, 0.3) is 0 Å². The molecule has 0 saturated heterocycles. The molecule has 0 bridgehead atoms. The molecular formula is C15H19NO4. The van der Waals surface area contributed by atoms with E-state index in [1.165, 1.54) is 6.20 Å². The Morgan fingerprint density at radius 1 is 1.25 bits per heavy atom. The Kier molecular flexibility index (Phi) is 5.46. The van der Waals surface area contributed by atoms with E-state index in [0.717, 1.165) is 31.3 Å². The largest absolute Gasteiger partial charge is 0.477 e. The van der Waals surface area contributed by atoms with Gasteiger partial charge in [-0.3, -0.25) is 4.79 Å². The minimum absolute atomic E-state index is 0. The molecule has 2 aromatic rings. The van der Waals surface area contributed by atoms with Crippen LogP contribution in [0.1, 0.15) is 36.5 Å². The topological polar surface area (TPSA) is 90.8 Å². The van der Waals surface area contributed by atoms with E-state index >= 15 is 0 Å². The average Bonchev–Trinajstić information content (AvgIpc) is 2.41. The zero-order valence-electron chi connectivity index (χ0n) is 11.4. The lowest BCUT2D eigenvalue weighted by Gasteiger charge is -2.11. The zero-order chi connectivity index (χ0) is 13.8. The van der Waals surface area contributed by atoms with Crippen molar-refractivity contribution in [3.8, 4) is 0 Å². The molecule has 1 heterocycles. The maximum absolute atomic E-state index is 12.1. The minimum Gasteiger partial charge on any atom is -0.477 e. The number of unbranched alkanes of at least 4 members (excludes halogenated alkanes) is 2. The van der Waals surface area contributed by atoms with Crippen LogP contribution in [0.25, 0.3) is 10.9 Å². The van der Waals surface area contributed by atoms with Crippen molar-refractivity contribution < 1.29 is 15.4 Å². The van der Waals surface area contributed by atoms with Gasteiger partial charge in [-0.15, -0.1) is 0 Å². The van der Waals surface area contributed by atoms with Crippen molar-refractivity contribution in [3.05, 3.63) is 46.2 Å². The van der Waals surface area contributed by atoms with Gasteiger partial charge in [0.15, 0.2) is 0 Å². The van der Waals surface area contributed by atoms with Crippen molar-refractivity contribution in [2.24, 2.45) is 0 Å². The number of hydrogen-bond donors (Lipinski definition) is 1. The molecule has 5 nitrogen and oxygen atoms in total. The van der Waals surface area contributed by atoms with Crippen LogP contribution in [-0.4, -0.2) is 21.1 Å². The first-order valence-electron chi connectivity index (χ1n) is 6.50. The van der Waals surface area contributed by atoms with Crippen molar-refractivity contribution in [1.82, 2.24) is 4.57 Å². The number of para-hydroxylation sites is 1. The molecule has 20 heavy (non-hydrogen) atoms. The van der Waals surface area contributed by atoms with Crippen LogP contribution >= 0.6 is 0 Å². The van der Waals surface area contributed by atoms with E-state index in [1.54, 1.807) is 12.1 Å². The fourth-order valence-electron chi connectivity index (χ4n) is 2.21. The average molecular weight is 277 g/mol. The monoisotopic (exact) mass is 277 g/mol. The molecule has 0 unspecified atom stereocenters. The molecule has 1 aromatic carbocycles. The van der Waals surface area contributed by atoms with E-state index < -0.39 is 11.4 Å². The van der Waals surface area contributed by atoms with E-state index in [4.69, 9.17) is 5.11 Å². The van der Waals surface area contributed by atoms with Crippen LogP contribution in [0, 0.1) is 0 Å². The van der Waals surface area contributed by atoms with Gasteiger partial charge in [-0.2, -0.15) is 0 Å². The third-order valence-corrected chi connectivity index (χ3v) is 3.22. The second-order valence-electron chi connectivity index (χ2n) is 4.59. The molecule has 3 N–H and O–H groups in total. The molecule has 0 amide bonds. The summed E-state index contributed by atoms with van der Waals surface area (Å²) in [5.41, 5.74) is 0.235. The van der Waals surface area contributed by atoms with Gasteiger partial charge in [-0.05, 0) is 18.6 Å². The summed E-state index contributed by atoms with van der Waals surface area (Å²) in [4.78, 5) is 23.2. The summed E-state index contributed by atoms with van der Waals surface area (Å²) in [5, 5.41) is 9.58. The highest BCUT2D eigenvalue weighted by Crippen LogP contribution is 2.13. The number of carboxylic acid groups (broad SMARTS) is 1. The van der Waals surface area contributed by atoms with E-state index in [2.05, 4.69) is 6.92 Å². The normalized spacial score (nSPS) is 10.2. The Morgan fingerprint density at radius 2 is 1.95 bits per heavy atom. The molecule has 0 aliphatic heterocycles. The quantitative estimate of drug-likeness (QED) is 0.848. The lowest BCUT2D eigenvalue weighted by atomic mass is 10.1. The molecule has 2 rings (SSSR count). The van der Waals surface area contributed by atoms with Gasteiger partial charge in [-0.25, -0.2) is 4.79 Å². The second-order valence-corrected chi connectivity index (χ2v) is 4.59. The molecule has 1 aromatic heterocycles. The number of hydrogen-bond acceptors (Lipinski definition) is 2. The summed E-state index contributed by atoms with van der Waals surface area (Å²) >= 11 is 0. The predicted molar refractivity (Wildman–Crippen MR) is 78.3 cm³/mol. The number of benzene rings is 1. The highest BCUT2D eigenvalue weighted by molar-refractivity contribution is 5.92. The summed E-state index contributed by atoms with van der Waals surface area (Å²) in [6.07, 6.45) is 4.62. The molecule has 0 saturated carbocycles. The summed E-state index contributed by atoms with van der Waals surface area (Å²) in [6, 6.07) is 7.15. The van der Waals surface area contributed by atoms with Gasteiger partial charge in [0, 0.05) is 18.1 Å². The van der Waals surface area contributed by atoms with E-state index in [-0.39, 0.29) is 11.0 Å². The lowest BCUT2D eigenvalue weighted by Crippen LogP contribution is -2.19. The standard InChI is InChI=1S/C15H17NO3.H2O/c1-2-3-6-9-16-10-12(15(18)19)14(17)11-7-4-5-8-13(11)16;/h4-5,7-8,10H,2-3,6,9H2,1H3,(H,18,19);1H2. The van der Waals surface area contributed by atoms with Crippen LogP contribution in [0.3, 0.4) is 0 Å². The van der Waals surface area contributed by atoms with Crippen LogP contribution in [0.5, 0.6) is 0 Å². The smallest absolute Gasteiger partial charge is 0.341 e. The number of aromatic carboxylic acids is 1.